The summed E-state index contributed by atoms with van der Waals surface area (Å²) in [5.41, 5.74) is 0.251. The zero-order valence-corrected chi connectivity index (χ0v) is 26.8. The van der Waals surface area contributed by atoms with Gasteiger partial charge in [-0.3, -0.25) is 9.59 Å². The fourth-order valence-corrected chi connectivity index (χ4v) is 4.78. The van der Waals surface area contributed by atoms with Crippen LogP contribution in [0.2, 0.25) is 0 Å². The number of nitrogens with one attached hydrogen (secondary N) is 2. The number of amides is 3. The van der Waals surface area contributed by atoms with Gasteiger partial charge < -0.3 is 25.4 Å². The Morgan fingerprint density at radius 3 is 2.10 bits per heavy atom. The standard InChI is InChI=1S/C32H55N3O5/c1-12-14-23(7)33-29(37)27(25-16-13-15-22(6)28(25)36)35(24(8)18-17-20(2)3)30(38)26(19-21(4)5)34-31(39)40-32(9,10)11/h13,15-16,20-21,23-24,26-27,36H,12,14,17-19H2,1-11H3,(H,33,37)(H,34,39). The number of nitrogens with zero attached hydrogens (tertiary/aromatic N) is 1. The molecule has 4 unspecified atom stereocenters. The van der Waals surface area contributed by atoms with Crippen molar-refractivity contribution >= 4 is 17.9 Å². The van der Waals surface area contributed by atoms with Gasteiger partial charge in [-0.15, -0.1) is 0 Å². The molecule has 0 spiro atoms. The van der Waals surface area contributed by atoms with Gasteiger partial charge in [-0.05, 0) is 84.6 Å². The highest BCUT2D eigenvalue weighted by Crippen LogP contribution is 2.35. The van der Waals surface area contributed by atoms with Gasteiger partial charge in [0.2, 0.25) is 11.8 Å². The van der Waals surface area contributed by atoms with E-state index in [9.17, 15) is 19.5 Å². The maximum Gasteiger partial charge on any atom is 0.408 e. The molecule has 8 heteroatoms. The van der Waals surface area contributed by atoms with Crippen LogP contribution in [-0.4, -0.2) is 51.6 Å². The maximum absolute atomic E-state index is 14.5. The topological polar surface area (TPSA) is 108 Å². The largest absolute Gasteiger partial charge is 0.507 e. The predicted octanol–water partition coefficient (Wildman–Crippen LogP) is 6.64. The van der Waals surface area contributed by atoms with E-state index in [0.29, 0.717) is 29.9 Å². The number of alkyl carbamates (subject to hydrolysis) is 1. The molecule has 0 heterocycles. The lowest BCUT2D eigenvalue weighted by molar-refractivity contribution is -0.145. The van der Waals surface area contributed by atoms with Crippen LogP contribution in [0.5, 0.6) is 5.75 Å². The van der Waals surface area contributed by atoms with Gasteiger partial charge in [-0.25, -0.2) is 4.79 Å². The van der Waals surface area contributed by atoms with Crippen LogP contribution in [0.25, 0.3) is 0 Å². The van der Waals surface area contributed by atoms with Crippen molar-refractivity contribution in [2.75, 3.05) is 0 Å². The van der Waals surface area contributed by atoms with Gasteiger partial charge in [0.25, 0.3) is 0 Å². The highest BCUT2D eigenvalue weighted by atomic mass is 16.6. The third-order valence-corrected chi connectivity index (χ3v) is 6.79. The zero-order chi connectivity index (χ0) is 30.8. The number of rotatable bonds is 14. The van der Waals surface area contributed by atoms with Crippen molar-refractivity contribution < 1.29 is 24.2 Å². The van der Waals surface area contributed by atoms with E-state index < -0.39 is 23.8 Å². The SMILES string of the molecule is CCCC(C)NC(=O)C(c1cccc(C)c1O)N(C(=O)C(CC(C)C)NC(=O)OC(C)(C)C)C(C)CCC(C)C. The van der Waals surface area contributed by atoms with E-state index in [-0.39, 0.29) is 35.6 Å². The monoisotopic (exact) mass is 561 g/mol. The van der Waals surface area contributed by atoms with Crippen LogP contribution in [0.4, 0.5) is 4.79 Å². The van der Waals surface area contributed by atoms with E-state index in [4.69, 9.17) is 4.74 Å². The van der Waals surface area contributed by atoms with E-state index in [1.165, 1.54) is 0 Å². The average molecular weight is 562 g/mol. The van der Waals surface area contributed by atoms with E-state index in [0.717, 1.165) is 19.3 Å². The maximum atomic E-state index is 14.5. The lowest BCUT2D eigenvalue weighted by Gasteiger charge is -2.39. The number of phenolic OH excluding ortho intramolecular Hbond substituents is 1. The molecule has 0 bridgehead atoms. The Bertz CT molecular complexity index is 970. The molecule has 3 amide bonds. The summed E-state index contributed by atoms with van der Waals surface area (Å²) in [6.07, 6.45) is 2.87. The summed E-state index contributed by atoms with van der Waals surface area (Å²) in [7, 11) is 0. The number of hydrogen-bond acceptors (Lipinski definition) is 5. The number of aryl methyl sites for hydroxylation is 1. The molecular weight excluding hydrogens is 506 g/mol. The van der Waals surface area contributed by atoms with Crippen LogP contribution >= 0.6 is 0 Å². The minimum absolute atomic E-state index is 0.0137. The number of benzene rings is 1. The summed E-state index contributed by atoms with van der Waals surface area (Å²) >= 11 is 0. The Labute approximate surface area is 242 Å². The summed E-state index contributed by atoms with van der Waals surface area (Å²) in [4.78, 5) is 42.9. The van der Waals surface area contributed by atoms with Crippen molar-refractivity contribution in [2.45, 2.75) is 138 Å². The number of phenols is 1. The molecule has 228 valence electrons. The number of para-hydroxylation sites is 1. The third-order valence-electron chi connectivity index (χ3n) is 6.79. The van der Waals surface area contributed by atoms with Crippen molar-refractivity contribution in [2.24, 2.45) is 11.8 Å². The normalized spacial score (nSPS) is 14.8. The molecule has 0 aliphatic carbocycles. The molecule has 0 aliphatic heterocycles. The summed E-state index contributed by atoms with van der Waals surface area (Å²) in [6, 6.07) is 2.81. The fourth-order valence-electron chi connectivity index (χ4n) is 4.78. The average Bonchev–Trinajstić information content (AvgIpc) is 2.80. The molecule has 3 N–H and O–H groups in total. The van der Waals surface area contributed by atoms with Crippen molar-refractivity contribution in [3.8, 4) is 5.75 Å². The van der Waals surface area contributed by atoms with Crippen molar-refractivity contribution in [3.63, 3.8) is 0 Å². The lowest BCUT2D eigenvalue weighted by Crippen LogP contribution is -2.56. The van der Waals surface area contributed by atoms with Crippen LogP contribution in [-0.2, 0) is 14.3 Å². The van der Waals surface area contributed by atoms with Gasteiger partial charge in [-0.1, -0.05) is 59.2 Å². The molecule has 8 nitrogen and oxygen atoms in total. The highest BCUT2D eigenvalue weighted by molar-refractivity contribution is 5.93. The van der Waals surface area contributed by atoms with E-state index in [2.05, 4.69) is 31.4 Å². The first-order chi connectivity index (χ1) is 18.5. The minimum atomic E-state index is -1.08. The van der Waals surface area contributed by atoms with Gasteiger partial charge in [0.05, 0.1) is 0 Å². The highest BCUT2D eigenvalue weighted by Gasteiger charge is 2.40. The molecule has 40 heavy (non-hydrogen) atoms. The zero-order valence-electron chi connectivity index (χ0n) is 26.8. The number of hydrogen-bond donors (Lipinski definition) is 3. The van der Waals surface area contributed by atoms with Gasteiger partial charge in [0, 0.05) is 17.6 Å². The minimum Gasteiger partial charge on any atom is -0.507 e. The Kier molecular flexibility index (Phi) is 14.0. The number of ether oxygens (including phenoxy) is 1. The van der Waals surface area contributed by atoms with Crippen molar-refractivity contribution in [3.05, 3.63) is 29.3 Å². The van der Waals surface area contributed by atoms with Gasteiger partial charge in [-0.2, -0.15) is 0 Å². The smallest absolute Gasteiger partial charge is 0.408 e. The quantitative estimate of drug-likeness (QED) is 0.236. The predicted molar refractivity (Wildman–Crippen MR) is 161 cm³/mol. The summed E-state index contributed by atoms with van der Waals surface area (Å²) in [6.45, 7) is 21.2. The van der Waals surface area contributed by atoms with Crippen LogP contribution in [0.15, 0.2) is 18.2 Å². The second-order valence-electron chi connectivity index (χ2n) is 13.0. The van der Waals surface area contributed by atoms with E-state index >= 15 is 0 Å². The molecular formula is C32H55N3O5. The summed E-state index contributed by atoms with van der Waals surface area (Å²) in [5.74, 6) is -0.261. The number of carbonyl (C=O) groups is 3. The van der Waals surface area contributed by atoms with Crippen molar-refractivity contribution in [1.29, 1.82) is 0 Å². The van der Waals surface area contributed by atoms with Gasteiger partial charge >= 0.3 is 6.09 Å². The molecule has 4 atom stereocenters. The van der Waals surface area contributed by atoms with Crippen LogP contribution in [0.1, 0.15) is 119 Å². The molecule has 0 aromatic heterocycles. The molecule has 1 aromatic rings. The van der Waals surface area contributed by atoms with Crippen LogP contribution in [0, 0.1) is 18.8 Å². The molecule has 0 radical (unpaired) electrons. The second-order valence-corrected chi connectivity index (χ2v) is 13.0. The molecule has 0 saturated carbocycles. The Balaban J connectivity index is 3.73. The van der Waals surface area contributed by atoms with Gasteiger partial charge in [0.15, 0.2) is 0 Å². The van der Waals surface area contributed by atoms with E-state index in [1.807, 2.05) is 27.7 Å². The molecule has 1 aromatic carbocycles. The van der Waals surface area contributed by atoms with Crippen LogP contribution in [0.3, 0.4) is 0 Å². The first kappa shape index (κ1) is 35.3. The Morgan fingerprint density at radius 1 is 0.950 bits per heavy atom. The fraction of sp³-hybridized carbons (Fsp3) is 0.719. The number of carbonyl (C=O) groups excluding carboxylic acids is 3. The van der Waals surface area contributed by atoms with Crippen molar-refractivity contribution in [1.82, 2.24) is 15.5 Å². The molecule has 0 fully saturated rings. The van der Waals surface area contributed by atoms with Crippen LogP contribution < -0.4 is 10.6 Å². The Hall–Kier alpha value is -2.77. The first-order valence-electron chi connectivity index (χ1n) is 14.9. The Morgan fingerprint density at radius 2 is 1.57 bits per heavy atom. The molecule has 0 aliphatic rings. The lowest BCUT2D eigenvalue weighted by atomic mass is 9.94. The summed E-state index contributed by atoms with van der Waals surface area (Å²) < 4.78 is 5.49. The molecule has 1 rings (SSSR count). The molecule has 0 saturated heterocycles. The van der Waals surface area contributed by atoms with E-state index in [1.54, 1.807) is 50.8 Å². The van der Waals surface area contributed by atoms with Gasteiger partial charge in [0.1, 0.15) is 23.4 Å². The first-order valence-corrected chi connectivity index (χ1v) is 14.9. The second kappa shape index (κ2) is 15.9. The summed E-state index contributed by atoms with van der Waals surface area (Å²) in [5, 5.41) is 17.0. The number of aromatic hydroxyl groups is 1. The third kappa shape index (κ3) is 11.4.